The number of H-pyrrole nitrogens is 1. The predicted octanol–water partition coefficient (Wildman–Crippen LogP) is 3.72. The molecule has 9 heteroatoms. The zero-order valence-electron chi connectivity index (χ0n) is 14.7. The number of sulfonamides is 1. The Morgan fingerprint density at radius 2 is 2.11 bits per heavy atom. The van der Waals surface area contributed by atoms with Crippen LogP contribution in [0.2, 0.25) is 5.02 Å². The first-order valence-corrected chi connectivity index (χ1v) is 11.4. The number of benzene rings is 1. The fourth-order valence-electron chi connectivity index (χ4n) is 3.71. The Morgan fingerprint density at radius 3 is 2.78 bits per heavy atom. The molecule has 2 aromatic heterocycles. The molecule has 0 bridgehead atoms. The predicted molar refractivity (Wildman–Crippen MR) is 107 cm³/mol. The van der Waals surface area contributed by atoms with Crippen molar-refractivity contribution in [1.29, 1.82) is 0 Å². The molecule has 4 rings (SSSR count). The lowest BCUT2D eigenvalue weighted by atomic mass is 9.92. The number of aliphatic hydroxyl groups is 1. The van der Waals surface area contributed by atoms with Crippen molar-refractivity contribution in [3.05, 3.63) is 46.3 Å². The molecular formula is C18H20ClN3O3S2. The second-order valence-electron chi connectivity index (χ2n) is 6.79. The van der Waals surface area contributed by atoms with Crippen LogP contribution in [0.4, 0.5) is 0 Å². The minimum absolute atomic E-state index is 0.0163. The number of aryl methyl sites for hydroxylation is 1. The van der Waals surface area contributed by atoms with Crippen molar-refractivity contribution in [1.82, 2.24) is 14.3 Å². The van der Waals surface area contributed by atoms with Gasteiger partial charge in [0.2, 0.25) is 10.0 Å². The first-order chi connectivity index (χ1) is 12.9. The molecular weight excluding hydrogens is 406 g/mol. The van der Waals surface area contributed by atoms with Gasteiger partial charge >= 0.3 is 0 Å². The van der Waals surface area contributed by atoms with Crippen molar-refractivity contribution in [2.45, 2.75) is 30.8 Å². The topological polar surface area (TPSA) is 86.3 Å². The van der Waals surface area contributed by atoms with Gasteiger partial charge in [0.15, 0.2) is 0 Å². The molecule has 1 fully saturated rings. The van der Waals surface area contributed by atoms with E-state index in [4.69, 9.17) is 11.6 Å². The summed E-state index contributed by atoms with van der Waals surface area (Å²) in [6.45, 7) is 2.59. The minimum Gasteiger partial charge on any atom is -0.385 e. The number of nitrogens with one attached hydrogen (secondary N) is 1. The van der Waals surface area contributed by atoms with Crippen LogP contribution >= 0.6 is 22.9 Å². The first kappa shape index (κ1) is 18.9. The number of halogens is 1. The maximum atomic E-state index is 13.3. The van der Waals surface area contributed by atoms with Gasteiger partial charge in [0.25, 0.3) is 0 Å². The van der Waals surface area contributed by atoms with E-state index in [2.05, 4.69) is 9.97 Å². The summed E-state index contributed by atoms with van der Waals surface area (Å²) in [6, 6.07) is 5.36. The number of nitrogens with zero attached hydrogens (tertiary/aromatic N) is 2. The van der Waals surface area contributed by atoms with Crippen LogP contribution in [0.15, 0.2) is 35.5 Å². The highest BCUT2D eigenvalue weighted by atomic mass is 35.5. The molecule has 3 aromatic rings. The highest BCUT2D eigenvalue weighted by Gasteiger charge is 2.35. The molecule has 1 aliphatic rings. The Labute approximate surface area is 166 Å². The third-order valence-corrected chi connectivity index (χ3v) is 8.65. The van der Waals surface area contributed by atoms with Crippen LogP contribution in [0.25, 0.3) is 10.1 Å². The van der Waals surface area contributed by atoms with Crippen molar-refractivity contribution >= 4 is 43.0 Å². The highest BCUT2D eigenvalue weighted by molar-refractivity contribution is 7.89. The van der Waals surface area contributed by atoms with Crippen molar-refractivity contribution in [3.8, 4) is 0 Å². The Morgan fingerprint density at radius 1 is 1.37 bits per heavy atom. The number of rotatable bonds is 4. The summed E-state index contributed by atoms with van der Waals surface area (Å²) in [5.74, 6) is 0.517. The fourth-order valence-corrected chi connectivity index (χ4v) is 7.09. The van der Waals surface area contributed by atoms with Crippen LogP contribution in [0.3, 0.4) is 0 Å². The molecule has 0 radical (unpaired) electrons. The molecule has 3 heterocycles. The van der Waals surface area contributed by atoms with E-state index in [0.717, 1.165) is 9.58 Å². The molecule has 0 saturated carbocycles. The molecule has 0 spiro atoms. The van der Waals surface area contributed by atoms with Crippen LogP contribution in [0, 0.1) is 12.8 Å². The fraction of sp³-hybridized carbons (Fsp3) is 0.389. The number of aliphatic hydroxyl groups excluding tert-OH is 1. The van der Waals surface area contributed by atoms with E-state index < -0.39 is 16.1 Å². The molecule has 1 saturated heterocycles. The van der Waals surface area contributed by atoms with Gasteiger partial charge in [-0.2, -0.15) is 4.31 Å². The maximum absolute atomic E-state index is 13.3. The van der Waals surface area contributed by atoms with Gasteiger partial charge in [-0.05, 0) is 43.9 Å². The van der Waals surface area contributed by atoms with Gasteiger partial charge in [0.1, 0.15) is 16.8 Å². The van der Waals surface area contributed by atoms with Gasteiger partial charge < -0.3 is 10.1 Å². The monoisotopic (exact) mass is 425 g/mol. The van der Waals surface area contributed by atoms with E-state index in [9.17, 15) is 13.5 Å². The van der Waals surface area contributed by atoms with Crippen molar-refractivity contribution in [2.75, 3.05) is 13.1 Å². The Balaban J connectivity index is 1.58. The van der Waals surface area contributed by atoms with Gasteiger partial charge in [-0.1, -0.05) is 11.6 Å². The maximum Gasteiger partial charge on any atom is 0.244 e. The summed E-state index contributed by atoms with van der Waals surface area (Å²) in [6.07, 6.45) is 3.75. The van der Waals surface area contributed by atoms with E-state index >= 15 is 0 Å². The second-order valence-corrected chi connectivity index (χ2v) is 10.4. The smallest absolute Gasteiger partial charge is 0.244 e. The van der Waals surface area contributed by atoms with E-state index in [-0.39, 0.29) is 5.92 Å². The lowest BCUT2D eigenvalue weighted by molar-refractivity contribution is 0.0696. The molecule has 144 valence electrons. The normalized spacial score (nSPS) is 18.2. The number of aromatic nitrogens is 2. The summed E-state index contributed by atoms with van der Waals surface area (Å²) in [4.78, 5) is 8.16. The van der Waals surface area contributed by atoms with Crippen LogP contribution < -0.4 is 0 Å². The third kappa shape index (κ3) is 3.40. The summed E-state index contributed by atoms with van der Waals surface area (Å²) in [7, 11) is -3.62. The van der Waals surface area contributed by atoms with Crippen LogP contribution in [0.5, 0.6) is 0 Å². The van der Waals surface area contributed by atoms with E-state index in [1.165, 1.54) is 15.6 Å². The lowest BCUT2D eigenvalue weighted by Crippen LogP contribution is -2.40. The second kappa shape index (κ2) is 7.18. The van der Waals surface area contributed by atoms with Gasteiger partial charge in [0, 0.05) is 45.5 Å². The Hall–Kier alpha value is -1.45. The SMILES string of the molecule is Cc1sc2ccc(Cl)cc2c1S(=O)(=O)N1CCC([C@H](O)c2ncc[nH]2)CC1. The average Bonchev–Trinajstić information content (AvgIpc) is 3.28. The Bertz CT molecular complexity index is 1060. The first-order valence-electron chi connectivity index (χ1n) is 8.74. The van der Waals surface area contributed by atoms with Gasteiger partial charge in [-0.25, -0.2) is 13.4 Å². The zero-order valence-corrected chi connectivity index (χ0v) is 17.1. The van der Waals surface area contributed by atoms with Crippen molar-refractivity contribution in [3.63, 3.8) is 0 Å². The number of hydrogen-bond acceptors (Lipinski definition) is 5. The van der Waals surface area contributed by atoms with Gasteiger partial charge in [-0.15, -0.1) is 11.3 Å². The third-order valence-electron chi connectivity index (χ3n) is 5.11. The summed E-state index contributed by atoms with van der Waals surface area (Å²) >= 11 is 7.56. The molecule has 0 aliphatic carbocycles. The van der Waals surface area contributed by atoms with E-state index in [0.29, 0.717) is 47.1 Å². The number of imidazole rings is 1. The lowest BCUT2D eigenvalue weighted by Gasteiger charge is -2.33. The highest BCUT2D eigenvalue weighted by Crippen LogP contribution is 2.39. The molecule has 1 atom stereocenters. The summed E-state index contributed by atoms with van der Waals surface area (Å²) < 4.78 is 29.1. The van der Waals surface area contributed by atoms with E-state index in [1.54, 1.807) is 24.5 Å². The van der Waals surface area contributed by atoms with Crippen LogP contribution in [-0.4, -0.2) is 40.9 Å². The average molecular weight is 426 g/mol. The molecule has 2 N–H and O–H groups in total. The quantitative estimate of drug-likeness (QED) is 0.666. The summed E-state index contributed by atoms with van der Waals surface area (Å²) in [5, 5.41) is 11.7. The summed E-state index contributed by atoms with van der Waals surface area (Å²) in [5.41, 5.74) is 0. The molecule has 1 aromatic carbocycles. The molecule has 0 amide bonds. The number of fused-ring (bicyclic) bond motifs is 1. The standard InChI is InChI=1S/C18H20ClN3O3S2/c1-11-17(14-10-13(19)2-3-15(14)26-11)27(24,25)22-8-4-12(5-9-22)16(23)18-20-6-7-21-18/h2-3,6-7,10,12,16,23H,4-5,8-9H2,1H3,(H,20,21)/t16-/m0/s1. The van der Waals surface area contributed by atoms with Crippen molar-refractivity contribution < 1.29 is 13.5 Å². The number of piperidine rings is 1. The van der Waals surface area contributed by atoms with Crippen LogP contribution in [0.1, 0.15) is 29.6 Å². The molecule has 27 heavy (non-hydrogen) atoms. The number of hydrogen-bond donors (Lipinski definition) is 2. The Kier molecular flexibility index (Phi) is 5.02. The zero-order chi connectivity index (χ0) is 19.2. The van der Waals surface area contributed by atoms with Gasteiger partial charge in [0.05, 0.1) is 0 Å². The minimum atomic E-state index is -3.62. The number of thiophene rings is 1. The molecule has 0 unspecified atom stereocenters. The largest absolute Gasteiger partial charge is 0.385 e. The molecule has 1 aliphatic heterocycles. The van der Waals surface area contributed by atoms with Gasteiger partial charge in [-0.3, -0.25) is 0 Å². The van der Waals surface area contributed by atoms with E-state index in [1.807, 2.05) is 13.0 Å². The van der Waals surface area contributed by atoms with Crippen LogP contribution in [-0.2, 0) is 10.0 Å². The number of aromatic amines is 1. The van der Waals surface area contributed by atoms with Crippen molar-refractivity contribution in [2.24, 2.45) is 5.92 Å². The molecule has 6 nitrogen and oxygen atoms in total.